The number of carbonyl (C=O) groups excluding carboxylic acids is 1. The average molecular weight is 155 g/mol. The Kier molecular flexibility index (Phi) is 3.63. The van der Waals surface area contributed by atoms with Gasteiger partial charge in [0.1, 0.15) is 12.7 Å². The largest absolute Gasteiger partial charge is 0.447 e. The lowest BCUT2D eigenvalue weighted by atomic mass is 10.4. The third kappa shape index (κ3) is 4.02. The minimum Gasteiger partial charge on any atom is -0.447 e. The van der Waals surface area contributed by atoms with Crippen LogP contribution in [0.1, 0.15) is 0 Å². The standard InChI is InChI=1S/C4H7F2NO3/c5-3(6)2(8)1-10-4(7)9/h2-3,8H,1H2,(H2,7,9). The zero-order valence-corrected chi connectivity index (χ0v) is 4.96. The number of hydrogen-bond donors (Lipinski definition) is 2. The van der Waals surface area contributed by atoms with Gasteiger partial charge in [-0.05, 0) is 0 Å². The van der Waals surface area contributed by atoms with Gasteiger partial charge in [-0.1, -0.05) is 0 Å². The normalized spacial score (nSPS) is 13.2. The van der Waals surface area contributed by atoms with E-state index in [4.69, 9.17) is 5.11 Å². The van der Waals surface area contributed by atoms with Gasteiger partial charge in [-0.15, -0.1) is 0 Å². The van der Waals surface area contributed by atoms with Gasteiger partial charge in [-0.2, -0.15) is 0 Å². The molecule has 0 rings (SSSR count). The first-order chi connectivity index (χ1) is 4.54. The maximum atomic E-state index is 11.4. The molecule has 0 aliphatic heterocycles. The van der Waals surface area contributed by atoms with E-state index < -0.39 is 25.2 Å². The molecule has 0 bridgehead atoms. The summed E-state index contributed by atoms with van der Waals surface area (Å²) in [5, 5.41) is 8.29. The molecule has 0 saturated carbocycles. The molecular formula is C4H7F2NO3. The van der Waals surface area contributed by atoms with Gasteiger partial charge in [0.15, 0.2) is 0 Å². The predicted octanol–water partition coefficient (Wildman–Crippen LogP) is -0.292. The molecule has 4 nitrogen and oxygen atoms in total. The summed E-state index contributed by atoms with van der Waals surface area (Å²) in [6, 6.07) is 0. The van der Waals surface area contributed by atoms with E-state index in [1.54, 1.807) is 0 Å². The van der Waals surface area contributed by atoms with Crippen LogP contribution in [0, 0.1) is 0 Å². The number of aliphatic hydroxyl groups excluding tert-OH is 1. The summed E-state index contributed by atoms with van der Waals surface area (Å²) < 4.78 is 26.7. The fraction of sp³-hybridized carbons (Fsp3) is 0.750. The van der Waals surface area contributed by atoms with Gasteiger partial charge in [0.25, 0.3) is 6.43 Å². The summed E-state index contributed by atoms with van der Waals surface area (Å²) in [5.41, 5.74) is 4.42. The molecule has 0 aromatic rings. The molecule has 1 unspecified atom stereocenters. The lowest BCUT2D eigenvalue weighted by Crippen LogP contribution is -2.27. The van der Waals surface area contributed by atoms with E-state index in [1.807, 2.05) is 0 Å². The summed E-state index contributed by atoms with van der Waals surface area (Å²) in [6.45, 7) is -0.771. The first-order valence-corrected chi connectivity index (χ1v) is 2.42. The van der Waals surface area contributed by atoms with E-state index >= 15 is 0 Å². The predicted molar refractivity (Wildman–Crippen MR) is 27.5 cm³/mol. The van der Waals surface area contributed by atoms with Gasteiger partial charge in [-0.25, -0.2) is 13.6 Å². The van der Waals surface area contributed by atoms with Crippen LogP contribution >= 0.6 is 0 Å². The Bertz CT molecular complexity index is 119. The Balaban J connectivity index is 3.39. The van der Waals surface area contributed by atoms with E-state index in [1.165, 1.54) is 0 Å². The van der Waals surface area contributed by atoms with Crippen molar-refractivity contribution in [3.63, 3.8) is 0 Å². The van der Waals surface area contributed by atoms with Crippen LogP contribution in [-0.2, 0) is 4.74 Å². The topological polar surface area (TPSA) is 72.6 Å². The van der Waals surface area contributed by atoms with Crippen molar-refractivity contribution in [2.24, 2.45) is 5.73 Å². The molecule has 1 amide bonds. The van der Waals surface area contributed by atoms with Crippen molar-refractivity contribution in [3.8, 4) is 0 Å². The zero-order chi connectivity index (χ0) is 8.15. The van der Waals surface area contributed by atoms with Crippen LogP contribution < -0.4 is 5.73 Å². The molecule has 0 spiro atoms. The number of hydrogen-bond acceptors (Lipinski definition) is 3. The highest BCUT2D eigenvalue weighted by atomic mass is 19.3. The maximum Gasteiger partial charge on any atom is 0.404 e. The molecule has 6 heteroatoms. The quantitative estimate of drug-likeness (QED) is 0.588. The molecule has 0 aliphatic rings. The average Bonchev–Trinajstić information content (AvgIpc) is 1.82. The lowest BCUT2D eigenvalue weighted by molar-refractivity contribution is -0.0366. The molecule has 10 heavy (non-hydrogen) atoms. The Morgan fingerprint density at radius 2 is 2.20 bits per heavy atom. The van der Waals surface area contributed by atoms with Gasteiger partial charge in [0, 0.05) is 0 Å². The van der Waals surface area contributed by atoms with E-state index in [-0.39, 0.29) is 0 Å². The fourth-order valence-corrected chi connectivity index (χ4v) is 0.240. The summed E-state index contributed by atoms with van der Waals surface area (Å²) in [6.07, 6.45) is -6.05. The Labute approximate surface area is 55.6 Å². The van der Waals surface area contributed by atoms with Crippen molar-refractivity contribution >= 4 is 6.09 Å². The van der Waals surface area contributed by atoms with Gasteiger partial charge in [0.05, 0.1) is 0 Å². The summed E-state index contributed by atoms with van der Waals surface area (Å²) >= 11 is 0. The first-order valence-electron chi connectivity index (χ1n) is 2.42. The monoisotopic (exact) mass is 155 g/mol. The molecule has 0 aromatic carbocycles. The van der Waals surface area contributed by atoms with Crippen molar-refractivity contribution in [1.82, 2.24) is 0 Å². The number of primary amides is 1. The van der Waals surface area contributed by atoms with E-state index in [0.717, 1.165) is 0 Å². The maximum absolute atomic E-state index is 11.4. The van der Waals surface area contributed by atoms with Crippen LogP contribution in [-0.4, -0.2) is 30.3 Å². The summed E-state index contributed by atoms with van der Waals surface area (Å²) in [7, 11) is 0. The van der Waals surface area contributed by atoms with Crippen molar-refractivity contribution < 1.29 is 23.4 Å². The molecule has 60 valence electrons. The highest BCUT2D eigenvalue weighted by molar-refractivity contribution is 5.64. The Morgan fingerprint density at radius 1 is 1.70 bits per heavy atom. The fourth-order valence-electron chi connectivity index (χ4n) is 0.240. The van der Waals surface area contributed by atoms with Gasteiger partial charge >= 0.3 is 6.09 Å². The first kappa shape index (κ1) is 9.09. The minimum absolute atomic E-state index is 0.771. The highest BCUT2D eigenvalue weighted by Crippen LogP contribution is 1.99. The van der Waals surface area contributed by atoms with Gasteiger partial charge in [-0.3, -0.25) is 0 Å². The van der Waals surface area contributed by atoms with E-state index in [2.05, 4.69) is 10.5 Å². The molecule has 0 saturated heterocycles. The number of carbonyl (C=O) groups is 1. The number of nitrogens with two attached hydrogens (primary N) is 1. The number of ether oxygens (including phenoxy) is 1. The van der Waals surface area contributed by atoms with Crippen LogP contribution in [0.4, 0.5) is 13.6 Å². The second-order valence-corrected chi connectivity index (χ2v) is 1.53. The van der Waals surface area contributed by atoms with E-state index in [9.17, 15) is 13.6 Å². The van der Waals surface area contributed by atoms with Crippen LogP contribution in [0.15, 0.2) is 0 Å². The molecule has 0 radical (unpaired) electrons. The SMILES string of the molecule is NC(=O)OCC(O)C(F)F. The van der Waals surface area contributed by atoms with Gasteiger partial charge < -0.3 is 15.6 Å². The third-order valence-corrected chi connectivity index (χ3v) is 0.687. The Hall–Kier alpha value is -0.910. The molecule has 1 atom stereocenters. The number of rotatable bonds is 3. The summed E-state index contributed by atoms with van der Waals surface area (Å²) in [4.78, 5) is 9.77. The number of halogens is 2. The van der Waals surface area contributed by atoms with Crippen molar-refractivity contribution in [2.45, 2.75) is 12.5 Å². The van der Waals surface area contributed by atoms with Crippen LogP contribution in [0.3, 0.4) is 0 Å². The molecule has 0 aromatic heterocycles. The van der Waals surface area contributed by atoms with E-state index in [0.29, 0.717) is 0 Å². The summed E-state index contributed by atoms with van der Waals surface area (Å²) in [5.74, 6) is 0. The smallest absolute Gasteiger partial charge is 0.404 e. The second-order valence-electron chi connectivity index (χ2n) is 1.53. The van der Waals surface area contributed by atoms with Crippen molar-refractivity contribution in [1.29, 1.82) is 0 Å². The Morgan fingerprint density at radius 3 is 2.50 bits per heavy atom. The van der Waals surface area contributed by atoms with Crippen molar-refractivity contribution in [2.75, 3.05) is 6.61 Å². The van der Waals surface area contributed by atoms with Crippen LogP contribution in [0.25, 0.3) is 0 Å². The van der Waals surface area contributed by atoms with Crippen molar-refractivity contribution in [3.05, 3.63) is 0 Å². The number of amides is 1. The molecule has 3 N–H and O–H groups in total. The van der Waals surface area contributed by atoms with Gasteiger partial charge in [0.2, 0.25) is 0 Å². The zero-order valence-electron chi connectivity index (χ0n) is 4.96. The highest BCUT2D eigenvalue weighted by Gasteiger charge is 2.17. The molecular weight excluding hydrogens is 148 g/mol. The lowest BCUT2D eigenvalue weighted by Gasteiger charge is -2.07. The molecule has 0 heterocycles. The van der Waals surface area contributed by atoms with Crippen LogP contribution in [0.2, 0.25) is 0 Å². The van der Waals surface area contributed by atoms with Crippen LogP contribution in [0.5, 0.6) is 0 Å². The third-order valence-electron chi connectivity index (χ3n) is 0.687. The second kappa shape index (κ2) is 3.99. The number of alkyl halides is 2. The minimum atomic E-state index is -2.92. The number of aliphatic hydroxyl groups is 1. The molecule has 0 fully saturated rings. The molecule has 0 aliphatic carbocycles.